The van der Waals surface area contributed by atoms with Crippen molar-refractivity contribution in [2.24, 2.45) is 0 Å². The Morgan fingerprint density at radius 1 is 1.06 bits per heavy atom. The van der Waals surface area contributed by atoms with E-state index in [-0.39, 0.29) is 0 Å². The SMILES string of the molecule is CCCCNC(C)c1ccc(OCCCC)cc1. The fourth-order valence-corrected chi connectivity index (χ4v) is 1.80. The largest absolute Gasteiger partial charge is 0.494 e. The summed E-state index contributed by atoms with van der Waals surface area (Å²) in [7, 11) is 0. The first-order valence-electron chi connectivity index (χ1n) is 7.24. The van der Waals surface area contributed by atoms with Crippen LogP contribution in [0.5, 0.6) is 5.75 Å². The summed E-state index contributed by atoms with van der Waals surface area (Å²) in [6, 6.07) is 8.88. The molecule has 0 heterocycles. The highest BCUT2D eigenvalue weighted by Crippen LogP contribution is 2.17. The van der Waals surface area contributed by atoms with E-state index in [2.05, 4.69) is 50.4 Å². The van der Waals surface area contributed by atoms with Crippen LogP contribution in [0.15, 0.2) is 24.3 Å². The first kappa shape index (κ1) is 15.0. The number of benzene rings is 1. The van der Waals surface area contributed by atoms with Crippen molar-refractivity contribution in [3.63, 3.8) is 0 Å². The lowest BCUT2D eigenvalue weighted by molar-refractivity contribution is 0.309. The van der Waals surface area contributed by atoms with Crippen LogP contribution in [0.2, 0.25) is 0 Å². The summed E-state index contributed by atoms with van der Waals surface area (Å²) in [5.41, 5.74) is 1.33. The summed E-state index contributed by atoms with van der Waals surface area (Å²) >= 11 is 0. The second-order valence-corrected chi connectivity index (χ2v) is 4.80. The van der Waals surface area contributed by atoms with Gasteiger partial charge in [-0.15, -0.1) is 0 Å². The number of nitrogens with one attached hydrogen (secondary N) is 1. The van der Waals surface area contributed by atoms with Crippen molar-refractivity contribution in [3.05, 3.63) is 29.8 Å². The molecular weight excluding hydrogens is 222 g/mol. The Morgan fingerprint density at radius 2 is 1.72 bits per heavy atom. The van der Waals surface area contributed by atoms with Gasteiger partial charge in [0.15, 0.2) is 0 Å². The molecule has 1 unspecified atom stereocenters. The molecular formula is C16H27NO. The van der Waals surface area contributed by atoms with Crippen molar-refractivity contribution in [2.45, 2.75) is 52.5 Å². The summed E-state index contributed by atoms with van der Waals surface area (Å²) in [6.07, 6.45) is 4.78. The lowest BCUT2D eigenvalue weighted by Crippen LogP contribution is -2.19. The van der Waals surface area contributed by atoms with Crippen molar-refractivity contribution >= 4 is 0 Å². The number of unbranched alkanes of at least 4 members (excludes halogenated alkanes) is 2. The molecule has 1 rings (SSSR count). The zero-order valence-corrected chi connectivity index (χ0v) is 12.0. The zero-order chi connectivity index (χ0) is 13.2. The van der Waals surface area contributed by atoms with Gasteiger partial charge in [-0.2, -0.15) is 0 Å². The molecule has 2 heteroatoms. The fourth-order valence-electron chi connectivity index (χ4n) is 1.80. The highest BCUT2D eigenvalue weighted by molar-refractivity contribution is 5.28. The lowest BCUT2D eigenvalue weighted by atomic mass is 10.1. The summed E-state index contributed by atoms with van der Waals surface area (Å²) < 4.78 is 5.66. The third-order valence-electron chi connectivity index (χ3n) is 3.13. The van der Waals surface area contributed by atoms with Gasteiger partial charge in [0.25, 0.3) is 0 Å². The fraction of sp³-hybridized carbons (Fsp3) is 0.625. The Kier molecular flexibility index (Phi) is 7.51. The molecule has 2 nitrogen and oxygen atoms in total. The van der Waals surface area contributed by atoms with Crippen LogP contribution < -0.4 is 10.1 Å². The molecule has 0 amide bonds. The standard InChI is InChI=1S/C16H27NO/c1-4-6-12-17-14(3)15-8-10-16(11-9-15)18-13-7-5-2/h8-11,14,17H,4-7,12-13H2,1-3H3. The van der Waals surface area contributed by atoms with E-state index < -0.39 is 0 Å². The predicted molar refractivity (Wildman–Crippen MR) is 78.2 cm³/mol. The molecule has 18 heavy (non-hydrogen) atoms. The normalized spacial score (nSPS) is 12.4. The summed E-state index contributed by atoms with van der Waals surface area (Å²) in [4.78, 5) is 0. The van der Waals surface area contributed by atoms with Gasteiger partial charge >= 0.3 is 0 Å². The third-order valence-corrected chi connectivity index (χ3v) is 3.13. The second kappa shape index (κ2) is 8.98. The van der Waals surface area contributed by atoms with E-state index in [4.69, 9.17) is 4.74 Å². The Balaban J connectivity index is 2.38. The minimum absolute atomic E-state index is 0.418. The Hall–Kier alpha value is -1.02. The van der Waals surface area contributed by atoms with Gasteiger partial charge in [-0.05, 0) is 44.0 Å². The molecule has 102 valence electrons. The molecule has 1 aromatic rings. The molecule has 0 aliphatic heterocycles. The zero-order valence-electron chi connectivity index (χ0n) is 12.0. The van der Waals surface area contributed by atoms with Gasteiger partial charge in [0.2, 0.25) is 0 Å². The molecule has 0 aliphatic carbocycles. The third kappa shape index (κ3) is 5.54. The van der Waals surface area contributed by atoms with Crippen molar-refractivity contribution in [1.82, 2.24) is 5.32 Å². The molecule has 0 saturated carbocycles. The van der Waals surface area contributed by atoms with Crippen molar-refractivity contribution in [2.75, 3.05) is 13.2 Å². The Morgan fingerprint density at radius 3 is 2.33 bits per heavy atom. The van der Waals surface area contributed by atoms with Crippen LogP contribution in [0.25, 0.3) is 0 Å². The van der Waals surface area contributed by atoms with E-state index in [1.807, 2.05) is 0 Å². The summed E-state index contributed by atoms with van der Waals surface area (Å²) in [5, 5.41) is 3.53. The molecule has 0 bridgehead atoms. The molecule has 1 aromatic carbocycles. The molecule has 0 aromatic heterocycles. The first-order valence-corrected chi connectivity index (χ1v) is 7.24. The van der Waals surface area contributed by atoms with Gasteiger partial charge in [-0.3, -0.25) is 0 Å². The predicted octanol–water partition coefficient (Wildman–Crippen LogP) is 4.32. The van der Waals surface area contributed by atoms with Crippen LogP contribution in [-0.4, -0.2) is 13.2 Å². The average Bonchev–Trinajstić information content (AvgIpc) is 2.40. The lowest BCUT2D eigenvalue weighted by Gasteiger charge is -2.14. The molecule has 0 spiro atoms. The number of hydrogen-bond acceptors (Lipinski definition) is 2. The number of rotatable bonds is 9. The van der Waals surface area contributed by atoms with E-state index in [9.17, 15) is 0 Å². The van der Waals surface area contributed by atoms with Crippen LogP contribution >= 0.6 is 0 Å². The van der Waals surface area contributed by atoms with Crippen molar-refractivity contribution < 1.29 is 4.74 Å². The molecule has 0 saturated heterocycles. The minimum atomic E-state index is 0.418. The van der Waals surface area contributed by atoms with Gasteiger partial charge < -0.3 is 10.1 Å². The van der Waals surface area contributed by atoms with Gasteiger partial charge in [0.05, 0.1) is 6.61 Å². The van der Waals surface area contributed by atoms with Crippen LogP contribution in [-0.2, 0) is 0 Å². The van der Waals surface area contributed by atoms with Gasteiger partial charge in [-0.1, -0.05) is 38.8 Å². The minimum Gasteiger partial charge on any atom is -0.494 e. The Labute approximate surface area is 112 Å². The van der Waals surface area contributed by atoms with Crippen molar-refractivity contribution in [3.8, 4) is 5.75 Å². The van der Waals surface area contributed by atoms with E-state index in [1.54, 1.807) is 0 Å². The topological polar surface area (TPSA) is 21.3 Å². The smallest absolute Gasteiger partial charge is 0.119 e. The van der Waals surface area contributed by atoms with E-state index >= 15 is 0 Å². The molecule has 1 N–H and O–H groups in total. The maximum Gasteiger partial charge on any atom is 0.119 e. The van der Waals surface area contributed by atoms with Crippen molar-refractivity contribution in [1.29, 1.82) is 0 Å². The highest BCUT2D eigenvalue weighted by Gasteiger charge is 2.04. The van der Waals surface area contributed by atoms with Gasteiger partial charge in [0.1, 0.15) is 5.75 Å². The summed E-state index contributed by atoms with van der Waals surface area (Å²) in [5.74, 6) is 0.980. The van der Waals surface area contributed by atoms with Crippen LogP contribution in [0.3, 0.4) is 0 Å². The summed E-state index contributed by atoms with van der Waals surface area (Å²) in [6.45, 7) is 8.51. The maximum atomic E-state index is 5.66. The molecule has 0 fully saturated rings. The van der Waals surface area contributed by atoms with Gasteiger partial charge in [0, 0.05) is 6.04 Å². The highest BCUT2D eigenvalue weighted by atomic mass is 16.5. The number of hydrogen-bond donors (Lipinski definition) is 1. The van der Waals surface area contributed by atoms with E-state index in [1.165, 1.54) is 24.8 Å². The van der Waals surface area contributed by atoms with Crippen LogP contribution in [0, 0.1) is 0 Å². The van der Waals surface area contributed by atoms with E-state index in [0.29, 0.717) is 6.04 Å². The first-order chi connectivity index (χ1) is 8.77. The second-order valence-electron chi connectivity index (χ2n) is 4.80. The van der Waals surface area contributed by atoms with Crippen LogP contribution in [0.4, 0.5) is 0 Å². The Bertz CT molecular complexity index is 307. The quantitative estimate of drug-likeness (QED) is 0.658. The van der Waals surface area contributed by atoms with Gasteiger partial charge in [-0.25, -0.2) is 0 Å². The molecule has 0 aliphatic rings. The number of ether oxygens (including phenoxy) is 1. The monoisotopic (exact) mass is 249 g/mol. The van der Waals surface area contributed by atoms with Crippen LogP contribution in [0.1, 0.15) is 58.1 Å². The molecule has 1 atom stereocenters. The maximum absolute atomic E-state index is 5.66. The molecule has 0 radical (unpaired) electrons. The average molecular weight is 249 g/mol. The van der Waals surface area contributed by atoms with E-state index in [0.717, 1.165) is 25.3 Å².